The summed E-state index contributed by atoms with van der Waals surface area (Å²) in [4.78, 5) is 0. The topological polar surface area (TPSA) is 47.9 Å². The van der Waals surface area contributed by atoms with Gasteiger partial charge in [-0.05, 0) is 49.2 Å². The van der Waals surface area contributed by atoms with Gasteiger partial charge in [-0.2, -0.15) is 0 Å². The Hall–Kier alpha value is -2.04. The van der Waals surface area contributed by atoms with Crippen LogP contribution in [0.1, 0.15) is 13.8 Å². The average molecular weight is 302 g/mol. The molecule has 2 aromatic carbocycles. The fraction of sp³-hybridized carbons (Fsp3) is 0.333. The van der Waals surface area contributed by atoms with Crippen molar-refractivity contribution in [3.63, 3.8) is 0 Å². The maximum Gasteiger partial charge on any atom is 0.191 e. The van der Waals surface area contributed by atoms with E-state index < -0.39 is 0 Å². The Kier molecular flexibility index (Phi) is 6.25. The molecule has 2 aromatic rings. The molecule has 0 spiro atoms. The molecule has 0 aromatic heterocycles. The molecule has 0 heterocycles. The van der Waals surface area contributed by atoms with Crippen LogP contribution in [-0.4, -0.2) is 31.2 Å². The van der Waals surface area contributed by atoms with Gasteiger partial charge >= 0.3 is 0 Å². The molecule has 0 fully saturated rings. The standard InChI is InChI=1S/C18H22O4/c1-3-20-18(21-4-2)13-22-17-11-7-15(8-12-17)14-5-9-16(19)10-6-14/h5-12,18-19H,3-4,13H2,1-2H3. The molecule has 0 bridgehead atoms. The SMILES string of the molecule is CCOC(COc1ccc(-c2ccc(O)cc2)cc1)OCC. The summed E-state index contributed by atoms with van der Waals surface area (Å²) in [6.45, 7) is 5.40. The number of ether oxygens (including phenoxy) is 3. The van der Waals surface area contributed by atoms with Gasteiger partial charge in [-0.15, -0.1) is 0 Å². The van der Waals surface area contributed by atoms with Crippen molar-refractivity contribution in [2.45, 2.75) is 20.1 Å². The molecule has 0 aliphatic carbocycles. The molecule has 1 N–H and O–H groups in total. The van der Waals surface area contributed by atoms with Gasteiger partial charge in [0.15, 0.2) is 6.29 Å². The first-order valence-corrected chi connectivity index (χ1v) is 7.48. The number of aromatic hydroxyl groups is 1. The van der Waals surface area contributed by atoms with Gasteiger partial charge in [-0.1, -0.05) is 24.3 Å². The summed E-state index contributed by atoms with van der Waals surface area (Å²) in [6, 6.07) is 14.9. The number of hydrogen-bond donors (Lipinski definition) is 1. The maximum atomic E-state index is 9.31. The summed E-state index contributed by atoms with van der Waals surface area (Å²) in [5, 5.41) is 9.31. The van der Waals surface area contributed by atoms with E-state index in [-0.39, 0.29) is 12.0 Å². The molecule has 0 radical (unpaired) electrons. The number of phenolic OH excluding ortho intramolecular Hbond substituents is 1. The molecule has 0 amide bonds. The number of phenols is 1. The molecule has 0 aliphatic heterocycles. The summed E-state index contributed by atoms with van der Waals surface area (Å²) in [7, 11) is 0. The van der Waals surface area contributed by atoms with Crippen LogP contribution >= 0.6 is 0 Å². The Morgan fingerprint density at radius 3 is 1.82 bits per heavy atom. The van der Waals surface area contributed by atoms with Gasteiger partial charge < -0.3 is 19.3 Å². The molecule has 0 unspecified atom stereocenters. The monoisotopic (exact) mass is 302 g/mol. The van der Waals surface area contributed by atoms with E-state index in [0.29, 0.717) is 19.8 Å². The molecule has 0 aliphatic rings. The van der Waals surface area contributed by atoms with Crippen molar-refractivity contribution in [2.75, 3.05) is 19.8 Å². The maximum absolute atomic E-state index is 9.31. The summed E-state index contributed by atoms with van der Waals surface area (Å²) >= 11 is 0. The highest BCUT2D eigenvalue weighted by Crippen LogP contribution is 2.24. The van der Waals surface area contributed by atoms with Crippen LogP contribution in [-0.2, 0) is 9.47 Å². The van der Waals surface area contributed by atoms with Crippen molar-refractivity contribution in [1.82, 2.24) is 0 Å². The molecule has 4 heteroatoms. The van der Waals surface area contributed by atoms with Gasteiger partial charge in [0.05, 0.1) is 0 Å². The quantitative estimate of drug-likeness (QED) is 0.753. The number of rotatable bonds is 8. The molecule has 2 rings (SSSR count). The third-order valence-corrected chi connectivity index (χ3v) is 3.15. The second-order valence-corrected chi connectivity index (χ2v) is 4.72. The predicted molar refractivity (Wildman–Crippen MR) is 86.1 cm³/mol. The minimum absolute atomic E-state index is 0.265. The lowest BCUT2D eigenvalue weighted by Gasteiger charge is -2.17. The molecule has 4 nitrogen and oxygen atoms in total. The largest absolute Gasteiger partial charge is 0.508 e. The van der Waals surface area contributed by atoms with Crippen LogP contribution < -0.4 is 4.74 Å². The van der Waals surface area contributed by atoms with Crippen LogP contribution in [0, 0.1) is 0 Å². The van der Waals surface area contributed by atoms with Crippen LogP contribution in [0.4, 0.5) is 0 Å². The Labute approximate surface area is 131 Å². The molecule has 22 heavy (non-hydrogen) atoms. The van der Waals surface area contributed by atoms with E-state index in [0.717, 1.165) is 16.9 Å². The van der Waals surface area contributed by atoms with Gasteiger partial charge in [-0.25, -0.2) is 0 Å². The van der Waals surface area contributed by atoms with E-state index in [1.807, 2.05) is 50.2 Å². The lowest BCUT2D eigenvalue weighted by atomic mass is 10.1. The average Bonchev–Trinajstić information content (AvgIpc) is 2.54. The number of hydrogen-bond acceptors (Lipinski definition) is 4. The molecule has 118 valence electrons. The van der Waals surface area contributed by atoms with Crippen molar-refractivity contribution in [2.24, 2.45) is 0 Å². The van der Waals surface area contributed by atoms with E-state index in [1.165, 1.54) is 0 Å². The van der Waals surface area contributed by atoms with Crippen LogP contribution in [0.5, 0.6) is 11.5 Å². The minimum atomic E-state index is -0.341. The van der Waals surface area contributed by atoms with Crippen molar-refractivity contribution in [3.05, 3.63) is 48.5 Å². The van der Waals surface area contributed by atoms with Crippen LogP contribution in [0.3, 0.4) is 0 Å². The Morgan fingerprint density at radius 1 is 0.818 bits per heavy atom. The summed E-state index contributed by atoms with van der Waals surface area (Å²) in [5.41, 5.74) is 2.12. The van der Waals surface area contributed by atoms with Crippen molar-refractivity contribution in [1.29, 1.82) is 0 Å². The Balaban J connectivity index is 1.95. The van der Waals surface area contributed by atoms with Crippen LogP contribution in [0.15, 0.2) is 48.5 Å². The zero-order chi connectivity index (χ0) is 15.8. The third kappa shape index (κ3) is 4.76. The second kappa shape index (κ2) is 8.41. The zero-order valence-corrected chi connectivity index (χ0v) is 13.0. The summed E-state index contributed by atoms with van der Waals surface area (Å²) in [5.74, 6) is 1.04. The van der Waals surface area contributed by atoms with Gasteiger partial charge in [-0.3, -0.25) is 0 Å². The van der Waals surface area contributed by atoms with Gasteiger partial charge in [0.25, 0.3) is 0 Å². The highest BCUT2D eigenvalue weighted by atomic mass is 16.7. The molecule has 0 atom stereocenters. The van der Waals surface area contributed by atoms with E-state index in [9.17, 15) is 5.11 Å². The first kappa shape index (κ1) is 16.3. The van der Waals surface area contributed by atoms with E-state index in [1.54, 1.807) is 12.1 Å². The highest BCUT2D eigenvalue weighted by molar-refractivity contribution is 5.64. The third-order valence-electron chi connectivity index (χ3n) is 3.15. The van der Waals surface area contributed by atoms with E-state index in [2.05, 4.69) is 0 Å². The molecular weight excluding hydrogens is 280 g/mol. The van der Waals surface area contributed by atoms with E-state index in [4.69, 9.17) is 14.2 Å². The van der Waals surface area contributed by atoms with Crippen LogP contribution in [0.2, 0.25) is 0 Å². The highest BCUT2D eigenvalue weighted by Gasteiger charge is 2.08. The van der Waals surface area contributed by atoms with Crippen molar-refractivity contribution >= 4 is 0 Å². The molecule has 0 saturated carbocycles. The first-order valence-electron chi connectivity index (χ1n) is 7.48. The minimum Gasteiger partial charge on any atom is -0.508 e. The zero-order valence-electron chi connectivity index (χ0n) is 13.0. The summed E-state index contributed by atoms with van der Waals surface area (Å²) < 4.78 is 16.6. The van der Waals surface area contributed by atoms with E-state index >= 15 is 0 Å². The predicted octanol–water partition coefficient (Wildman–Crippen LogP) is 3.84. The van der Waals surface area contributed by atoms with Crippen molar-refractivity contribution in [3.8, 4) is 22.6 Å². The van der Waals surface area contributed by atoms with Gasteiger partial charge in [0, 0.05) is 13.2 Å². The van der Waals surface area contributed by atoms with Gasteiger partial charge in [0.2, 0.25) is 0 Å². The molecule has 0 saturated heterocycles. The number of benzene rings is 2. The Morgan fingerprint density at radius 2 is 1.32 bits per heavy atom. The smallest absolute Gasteiger partial charge is 0.191 e. The van der Waals surface area contributed by atoms with Crippen LogP contribution in [0.25, 0.3) is 11.1 Å². The Bertz CT molecular complexity index is 542. The fourth-order valence-electron chi connectivity index (χ4n) is 2.08. The lowest BCUT2D eigenvalue weighted by Crippen LogP contribution is -2.25. The van der Waals surface area contributed by atoms with Crippen molar-refractivity contribution < 1.29 is 19.3 Å². The normalized spacial score (nSPS) is 10.9. The first-order chi connectivity index (χ1) is 10.7. The molecular formula is C18H22O4. The second-order valence-electron chi connectivity index (χ2n) is 4.72. The lowest BCUT2D eigenvalue weighted by molar-refractivity contribution is -0.152. The fourth-order valence-corrected chi connectivity index (χ4v) is 2.08. The van der Waals surface area contributed by atoms with Gasteiger partial charge in [0.1, 0.15) is 18.1 Å². The summed E-state index contributed by atoms with van der Waals surface area (Å²) in [6.07, 6.45) is -0.341.